The van der Waals surface area contributed by atoms with Crippen LogP contribution in [0.4, 0.5) is 13.2 Å². The van der Waals surface area contributed by atoms with Gasteiger partial charge in [0.15, 0.2) is 5.69 Å². The number of benzene rings is 1. The van der Waals surface area contributed by atoms with Crippen molar-refractivity contribution < 1.29 is 13.2 Å². The Labute approximate surface area is 93.7 Å². The van der Waals surface area contributed by atoms with Crippen molar-refractivity contribution in [1.29, 1.82) is 5.26 Å². The van der Waals surface area contributed by atoms with E-state index < -0.39 is 11.7 Å². The van der Waals surface area contributed by atoms with Gasteiger partial charge in [0.05, 0.1) is 5.56 Å². The minimum atomic E-state index is -4.37. The lowest BCUT2D eigenvalue weighted by Gasteiger charge is -2.06. The van der Waals surface area contributed by atoms with E-state index in [4.69, 9.17) is 5.26 Å². The Morgan fingerprint density at radius 1 is 1.12 bits per heavy atom. The second-order valence-corrected chi connectivity index (χ2v) is 3.21. The van der Waals surface area contributed by atoms with Gasteiger partial charge in [-0.2, -0.15) is 28.7 Å². The summed E-state index contributed by atoms with van der Waals surface area (Å²) < 4.78 is 37.0. The zero-order chi connectivity index (χ0) is 12.5. The monoisotopic (exact) mass is 238 g/mol. The fourth-order valence-corrected chi connectivity index (χ4v) is 1.33. The molecule has 1 heterocycles. The summed E-state index contributed by atoms with van der Waals surface area (Å²) in [6, 6.07) is 6.17. The summed E-state index contributed by atoms with van der Waals surface area (Å²) in [5.41, 5.74) is -0.0578. The highest BCUT2D eigenvalue weighted by atomic mass is 19.4. The number of H-pyrrole nitrogens is 1. The summed E-state index contributed by atoms with van der Waals surface area (Å²) in [7, 11) is 0. The summed E-state index contributed by atoms with van der Waals surface area (Å²) >= 11 is 0. The molecule has 0 amide bonds. The zero-order valence-electron chi connectivity index (χ0n) is 8.28. The zero-order valence-corrected chi connectivity index (χ0v) is 8.28. The Morgan fingerprint density at radius 2 is 1.76 bits per heavy atom. The second kappa shape index (κ2) is 3.90. The molecule has 0 saturated carbocycles. The predicted octanol–water partition coefficient (Wildman–Crippen LogP) is 2.36. The molecule has 0 aliphatic carbocycles. The molecule has 0 radical (unpaired) electrons. The summed E-state index contributed by atoms with van der Waals surface area (Å²) in [6.07, 6.45) is -4.37. The molecule has 0 atom stereocenters. The average molecular weight is 238 g/mol. The first-order valence-corrected chi connectivity index (χ1v) is 4.51. The van der Waals surface area contributed by atoms with Crippen LogP contribution in [0.2, 0.25) is 0 Å². The van der Waals surface area contributed by atoms with Gasteiger partial charge in [-0.05, 0) is 12.1 Å². The number of aromatic nitrogens is 3. The van der Waals surface area contributed by atoms with Gasteiger partial charge in [-0.1, -0.05) is 12.1 Å². The van der Waals surface area contributed by atoms with Crippen molar-refractivity contribution >= 4 is 0 Å². The molecule has 0 aliphatic heterocycles. The van der Waals surface area contributed by atoms with Crippen molar-refractivity contribution in [2.24, 2.45) is 0 Å². The van der Waals surface area contributed by atoms with Crippen LogP contribution in [0.5, 0.6) is 0 Å². The van der Waals surface area contributed by atoms with E-state index >= 15 is 0 Å². The number of nitriles is 1. The molecule has 4 nitrogen and oxygen atoms in total. The maximum Gasteiger partial charge on any atom is 0.416 e. The molecule has 0 fully saturated rings. The van der Waals surface area contributed by atoms with Gasteiger partial charge in [0.25, 0.3) is 0 Å². The summed E-state index contributed by atoms with van der Waals surface area (Å²) in [5, 5.41) is 18.2. The fourth-order valence-electron chi connectivity index (χ4n) is 1.33. The Hall–Kier alpha value is -2.36. The minimum absolute atomic E-state index is 0.0461. The molecule has 1 aromatic heterocycles. The third kappa shape index (κ3) is 2.10. The molecule has 1 aromatic carbocycles. The van der Waals surface area contributed by atoms with Crippen LogP contribution in [0, 0.1) is 11.3 Å². The number of rotatable bonds is 1. The van der Waals surface area contributed by atoms with Crippen LogP contribution in [0.3, 0.4) is 0 Å². The normalized spacial score (nSPS) is 11.2. The Balaban J connectivity index is 2.40. The van der Waals surface area contributed by atoms with Crippen LogP contribution in [0.15, 0.2) is 24.3 Å². The molecule has 86 valence electrons. The van der Waals surface area contributed by atoms with Gasteiger partial charge in [0.1, 0.15) is 11.8 Å². The van der Waals surface area contributed by atoms with E-state index in [9.17, 15) is 13.2 Å². The van der Waals surface area contributed by atoms with E-state index in [0.29, 0.717) is 5.56 Å². The smallest absolute Gasteiger partial charge is 0.196 e. The first-order chi connectivity index (χ1) is 8.02. The van der Waals surface area contributed by atoms with Gasteiger partial charge in [0, 0.05) is 5.56 Å². The summed E-state index contributed by atoms with van der Waals surface area (Å²) in [6.45, 7) is 0. The number of hydrogen-bond donors (Lipinski definition) is 1. The van der Waals surface area contributed by atoms with Gasteiger partial charge < -0.3 is 0 Å². The molecule has 7 heteroatoms. The number of halogens is 3. The van der Waals surface area contributed by atoms with E-state index in [1.807, 2.05) is 0 Å². The molecule has 0 bridgehead atoms. The molecule has 0 saturated heterocycles. The second-order valence-electron chi connectivity index (χ2n) is 3.21. The third-order valence-electron chi connectivity index (χ3n) is 2.14. The van der Waals surface area contributed by atoms with Crippen LogP contribution in [-0.4, -0.2) is 15.4 Å². The molecule has 2 aromatic rings. The van der Waals surface area contributed by atoms with Gasteiger partial charge in [-0.25, -0.2) is 0 Å². The highest BCUT2D eigenvalue weighted by molar-refractivity contribution is 5.64. The molecular weight excluding hydrogens is 233 g/mol. The Morgan fingerprint density at radius 3 is 2.29 bits per heavy atom. The van der Waals surface area contributed by atoms with Crippen LogP contribution in [-0.2, 0) is 6.18 Å². The fraction of sp³-hybridized carbons (Fsp3) is 0.100. The molecule has 17 heavy (non-hydrogen) atoms. The molecule has 0 spiro atoms. The van der Waals surface area contributed by atoms with Crippen LogP contribution >= 0.6 is 0 Å². The van der Waals surface area contributed by atoms with Gasteiger partial charge in [0.2, 0.25) is 0 Å². The van der Waals surface area contributed by atoms with Gasteiger partial charge in [-0.3, -0.25) is 0 Å². The highest BCUT2D eigenvalue weighted by Crippen LogP contribution is 2.30. The maximum absolute atomic E-state index is 12.3. The molecule has 2 rings (SSSR count). The van der Waals surface area contributed by atoms with E-state index in [1.165, 1.54) is 12.1 Å². The third-order valence-corrected chi connectivity index (χ3v) is 2.14. The number of alkyl halides is 3. The largest absolute Gasteiger partial charge is 0.416 e. The standard InChI is InChI=1S/C10H5F3N4/c11-10(12,13)7-3-1-6(2-4-7)9-8(5-14)15-17-16-9/h1-4H,(H,15,16,17). The first-order valence-electron chi connectivity index (χ1n) is 4.51. The molecule has 0 aliphatic rings. The lowest BCUT2D eigenvalue weighted by Crippen LogP contribution is -2.04. The van der Waals surface area contributed by atoms with E-state index in [0.717, 1.165) is 12.1 Å². The Bertz CT molecular complexity index is 562. The van der Waals surface area contributed by atoms with Gasteiger partial charge >= 0.3 is 6.18 Å². The van der Waals surface area contributed by atoms with Crippen molar-refractivity contribution in [3.05, 3.63) is 35.5 Å². The summed E-state index contributed by atoms with van der Waals surface area (Å²) in [5.74, 6) is 0. The number of aromatic amines is 1. The minimum Gasteiger partial charge on any atom is -0.196 e. The van der Waals surface area contributed by atoms with Crippen molar-refractivity contribution in [2.45, 2.75) is 6.18 Å². The first kappa shape index (κ1) is 11.1. The van der Waals surface area contributed by atoms with E-state index in [-0.39, 0.29) is 11.4 Å². The molecule has 0 unspecified atom stereocenters. The van der Waals surface area contributed by atoms with Crippen LogP contribution in [0.25, 0.3) is 11.3 Å². The quantitative estimate of drug-likeness (QED) is 0.829. The van der Waals surface area contributed by atoms with E-state index in [1.54, 1.807) is 6.07 Å². The SMILES string of the molecule is N#Cc1n[nH]nc1-c1ccc(C(F)(F)F)cc1. The van der Waals surface area contributed by atoms with Crippen molar-refractivity contribution in [3.63, 3.8) is 0 Å². The maximum atomic E-state index is 12.3. The lowest BCUT2D eigenvalue weighted by atomic mass is 10.1. The average Bonchev–Trinajstić information content (AvgIpc) is 2.76. The van der Waals surface area contributed by atoms with Crippen LogP contribution in [0.1, 0.15) is 11.3 Å². The Kier molecular flexibility index (Phi) is 2.55. The number of nitrogens with zero attached hydrogens (tertiary/aromatic N) is 3. The van der Waals surface area contributed by atoms with Crippen molar-refractivity contribution in [2.75, 3.05) is 0 Å². The summed E-state index contributed by atoms with van der Waals surface area (Å²) in [4.78, 5) is 0. The highest BCUT2D eigenvalue weighted by Gasteiger charge is 2.30. The van der Waals surface area contributed by atoms with Crippen LogP contribution < -0.4 is 0 Å². The molecular formula is C10H5F3N4. The van der Waals surface area contributed by atoms with Gasteiger partial charge in [-0.15, -0.1) is 5.10 Å². The van der Waals surface area contributed by atoms with E-state index in [2.05, 4.69) is 15.4 Å². The number of nitrogens with one attached hydrogen (secondary N) is 1. The van der Waals surface area contributed by atoms with Crippen molar-refractivity contribution in [1.82, 2.24) is 15.4 Å². The lowest BCUT2D eigenvalue weighted by molar-refractivity contribution is -0.137. The number of hydrogen-bond acceptors (Lipinski definition) is 3. The predicted molar refractivity (Wildman–Crippen MR) is 51.5 cm³/mol. The topological polar surface area (TPSA) is 65.4 Å². The molecule has 1 N–H and O–H groups in total. The van der Waals surface area contributed by atoms with Crippen molar-refractivity contribution in [3.8, 4) is 17.3 Å².